The normalized spacial score (nSPS) is 11.6. The Morgan fingerprint density at radius 3 is 2.76 bits per heavy atom. The molecule has 0 aliphatic carbocycles. The average molecular weight is 316 g/mol. The van der Waals surface area contributed by atoms with Gasteiger partial charge in [0.15, 0.2) is 0 Å². The van der Waals surface area contributed by atoms with Gasteiger partial charge in [-0.2, -0.15) is 0 Å². The Kier molecular flexibility index (Phi) is 5.19. The molecule has 1 aromatic carbocycles. The molecular formula is C14H15F3N2OS. The third kappa shape index (κ3) is 4.71. The lowest BCUT2D eigenvalue weighted by molar-refractivity contribution is -0.274. The first kappa shape index (κ1) is 15.8. The zero-order valence-corrected chi connectivity index (χ0v) is 12.2. The summed E-state index contributed by atoms with van der Waals surface area (Å²) in [4.78, 5) is 5.16. The summed E-state index contributed by atoms with van der Waals surface area (Å²) in [6.45, 7) is 3.62. The Hall–Kier alpha value is -1.60. The van der Waals surface area contributed by atoms with Crippen LogP contribution in [0.3, 0.4) is 0 Å². The highest BCUT2D eigenvalue weighted by atomic mass is 32.1. The van der Waals surface area contributed by atoms with E-state index in [0.29, 0.717) is 17.1 Å². The second kappa shape index (κ2) is 6.91. The number of hydrogen-bond donors (Lipinski definition) is 1. The van der Waals surface area contributed by atoms with E-state index >= 15 is 0 Å². The molecule has 0 spiro atoms. The van der Waals surface area contributed by atoms with Gasteiger partial charge in [0.2, 0.25) is 0 Å². The van der Waals surface area contributed by atoms with Gasteiger partial charge >= 0.3 is 6.36 Å². The van der Waals surface area contributed by atoms with Crippen LogP contribution in [-0.2, 0) is 6.54 Å². The highest BCUT2D eigenvalue weighted by Crippen LogP contribution is 2.35. The van der Waals surface area contributed by atoms with Crippen molar-refractivity contribution >= 4 is 11.3 Å². The second-order valence-electron chi connectivity index (χ2n) is 4.35. The minimum absolute atomic E-state index is 0.229. The largest absolute Gasteiger partial charge is 0.573 e. The van der Waals surface area contributed by atoms with E-state index in [2.05, 4.69) is 22.0 Å². The molecule has 0 bridgehead atoms. The van der Waals surface area contributed by atoms with Crippen molar-refractivity contribution in [1.82, 2.24) is 10.3 Å². The number of nitrogens with one attached hydrogen (secondary N) is 1. The number of ether oxygens (including phenoxy) is 1. The molecule has 3 nitrogen and oxygen atoms in total. The summed E-state index contributed by atoms with van der Waals surface area (Å²) in [5.74, 6) is -0.229. The molecule has 0 radical (unpaired) electrons. The maximum absolute atomic E-state index is 12.4. The highest BCUT2D eigenvalue weighted by Gasteiger charge is 2.32. The van der Waals surface area contributed by atoms with Crippen LogP contribution in [0.4, 0.5) is 13.2 Å². The van der Waals surface area contributed by atoms with E-state index in [1.807, 2.05) is 0 Å². The first-order valence-electron chi connectivity index (χ1n) is 6.50. The fourth-order valence-corrected chi connectivity index (χ4v) is 2.67. The maximum Gasteiger partial charge on any atom is 0.573 e. The first-order valence-corrected chi connectivity index (χ1v) is 7.32. The van der Waals surface area contributed by atoms with E-state index in [1.165, 1.54) is 23.5 Å². The summed E-state index contributed by atoms with van der Waals surface area (Å²) in [7, 11) is 0. The van der Waals surface area contributed by atoms with Gasteiger partial charge in [0.05, 0.1) is 5.56 Å². The summed E-state index contributed by atoms with van der Waals surface area (Å²) in [6.07, 6.45) is -2.01. The van der Waals surface area contributed by atoms with Crippen LogP contribution in [0.1, 0.15) is 18.2 Å². The summed E-state index contributed by atoms with van der Waals surface area (Å²) in [5.41, 5.74) is 0.349. The summed E-state index contributed by atoms with van der Waals surface area (Å²) in [5, 5.41) is 3.74. The number of halogens is 3. The van der Waals surface area contributed by atoms with Crippen LogP contribution in [0.25, 0.3) is 10.6 Å². The SMILES string of the molecule is CCCNCc1cnc(-c2ccccc2OC(F)(F)F)s1. The molecule has 0 saturated carbocycles. The Labute approximate surface area is 124 Å². The Morgan fingerprint density at radius 2 is 2.05 bits per heavy atom. The van der Waals surface area contributed by atoms with Crippen LogP contribution in [0, 0.1) is 0 Å². The molecule has 0 aliphatic rings. The Morgan fingerprint density at radius 1 is 1.29 bits per heavy atom. The van der Waals surface area contributed by atoms with Gasteiger partial charge in [0.1, 0.15) is 10.8 Å². The maximum atomic E-state index is 12.4. The number of hydrogen-bond acceptors (Lipinski definition) is 4. The minimum atomic E-state index is -4.71. The average Bonchev–Trinajstić information content (AvgIpc) is 2.86. The molecule has 0 aliphatic heterocycles. The van der Waals surface area contributed by atoms with E-state index in [-0.39, 0.29) is 5.75 Å². The fraction of sp³-hybridized carbons (Fsp3) is 0.357. The molecule has 0 fully saturated rings. The number of para-hydroxylation sites is 1. The molecule has 21 heavy (non-hydrogen) atoms. The van der Waals surface area contributed by atoms with Crippen molar-refractivity contribution in [2.75, 3.05) is 6.54 Å². The lowest BCUT2D eigenvalue weighted by Crippen LogP contribution is -2.17. The van der Waals surface area contributed by atoms with Crippen LogP contribution in [0.15, 0.2) is 30.5 Å². The van der Waals surface area contributed by atoms with Crippen molar-refractivity contribution < 1.29 is 17.9 Å². The smallest absolute Gasteiger partial charge is 0.405 e. The van der Waals surface area contributed by atoms with Crippen molar-refractivity contribution in [3.63, 3.8) is 0 Å². The van der Waals surface area contributed by atoms with Crippen LogP contribution >= 0.6 is 11.3 Å². The standard InChI is InChI=1S/C14H15F3N2OS/c1-2-7-18-8-10-9-19-13(21-10)11-5-3-4-6-12(11)20-14(15,16)17/h3-6,9,18H,2,7-8H2,1H3. The molecule has 114 valence electrons. The van der Waals surface area contributed by atoms with Gasteiger partial charge in [0, 0.05) is 17.6 Å². The molecular weight excluding hydrogens is 301 g/mol. The minimum Gasteiger partial charge on any atom is -0.405 e. The monoisotopic (exact) mass is 316 g/mol. The van der Waals surface area contributed by atoms with Gasteiger partial charge in [-0.1, -0.05) is 19.1 Å². The number of alkyl halides is 3. The number of thiazole rings is 1. The van der Waals surface area contributed by atoms with Crippen molar-refractivity contribution in [3.8, 4) is 16.3 Å². The van der Waals surface area contributed by atoms with E-state index in [4.69, 9.17) is 0 Å². The van der Waals surface area contributed by atoms with Crippen LogP contribution in [-0.4, -0.2) is 17.9 Å². The zero-order chi connectivity index (χ0) is 15.3. The summed E-state index contributed by atoms with van der Waals surface area (Å²) >= 11 is 1.36. The molecule has 1 aromatic heterocycles. The second-order valence-corrected chi connectivity index (χ2v) is 5.47. The summed E-state index contributed by atoms with van der Waals surface area (Å²) < 4.78 is 41.2. The molecule has 1 heterocycles. The fourth-order valence-electron chi connectivity index (χ4n) is 1.76. The molecule has 0 amide bonds. The first-order chi connectivity index (χ1) is 9.99. The van der Waals surface area contributed by atoms with E-state index in [0.717, 1.165) is 17.8 Å². The van der Waals surface area contributed by atoms with Crippen molar-refractivity contribution in [3.05, 3.63) is 35.3 Å². The van der Waals surface area contributed by atoms with Crippen LogP contribution < -0.4 is 10.1 Å². The number of aromatic nitrogens is 1. The van der Waals surface area contributed by atoms with E-state index in [9.17, 15) is 13.2 Å². The van der Waals surface area contributed by atoms with Gasteiger partial charge in [-0.05, 0) is 25.1 Å². The van der Waals surface area contributed by atoms with Crippen LogP contribution in [0.5, 0.6) is 5.75 Å². The quantitative estimate of drug-likeness (QED) is 0.811. The molecule has 1 N–H and O–H groups in total. The molecule has 0 saturated heterocycles. The van der Waals surface area contributed by atoms with Crippen molar-refractivity contribution in [1.29, 1.82) is 0 Å². The number of nitrogens with zero attached hydrogens (tertiary/aromatic N) is 1. The predicted octanol–water partition coefficient (Wildman–Crippen LogP) is 4.21. The van der Waals surface area contributed by atoms with Gasteiger partial charge in [-0.3, -0.25) is 0 Å². The van der Waals surface area contributed by atoms with Crippen molar-refractivity contribution in [2.24, 2.45) is 0 Å². The summed E-state index contributed by atoms with van der Waals surface area (Å²) in [6, 6.07) is 6.03. The third-order valence-electron chi connectivity index (χ3n) is 2.62. The third-order valence-corrected chi connectivity index (χ3v) is 3.65. The Balaban J connectivity index is 2.18. The lowest BCUT2D eigenvalue weighted by atomic mass is 10.2. The highest BCUT2D eigenvalue weighted by molar-refractivity contribution is 7.15. The lowest BCUT2D eigenvalue weighted by Gasteiger charge is -2.11. The Bertz CT molecular complexity index is 584. The number of rotatable bonds is 6. The van der Waals surface area contributed by atoms with Gasteiger partial charge in [0.25, 0.3) is 0 Å². The molecule has 0 unspecified atom stereocenters. The van der Waals surface area contributed by atoms with E-state index < -0.39 is 6.36 Å². The zero-order valence-electron chi connectivity index (χ0n) is 11.4. The molecule has 2 rings (SSSR count). The molecule has 0 atom stereocenters. The van der Waals surface area contributed by atoms with Gasteiger partial charge in [-0.15, -0.1) is 24.5 Å². The molecule has 7 heteroatoms. The van der Waals surface area contributed by atoms with E-state index in [1.54, 1.807) is 18.3 Å². The van der Waals surface area contributed by atoms with Crippen molar-refractivity contribution in [2.45, 2.75) is 26.3 Å². The topological polar surface area (TPSA) is 34.2 Å². The van der Waals surface area contributed by atoms with Gasteiger partial charge < -0.3 is 10.1 Å². The number of benzene rings is 1. The van der Waals surface area contributed by atoms with Gasteiger partial charge in [-0.25, -0.2) is 4.98 Å². The molecule has 2 aromatic rings. The predicted molar refractivity (Wildman–Crippen MR) is 76.2 cm³/mol. The van der Waals surface area contributed by atoms with Crippen LogP contribution in [0.2, 0.25) is 0 Å².